The first-order chi connectivity index (χ1) is 9.13. The van der Waals surface area contributed by atoms with Gasteiger partial charge in [0.2, 0.25) is 0 Å². The lowest BCUT2D eigenvalue weighted by atomic mass is 10.0. The van der Waals surface area contributed by atoms with Crippen molar-refractivity contribution in [2.24, 2.45) is 0 Å². The molecule has 100 valence electrons. The van der Waals surface area contributed by atoms with Crippen LogP contribution in [-0.4, -0.2) is 27.3 Å². The molecule has 0 bridgehead atoms. The molecule has 19 heavy (non-hydrogen) atoms. The molecule has 0 saturated carbocycles. The molecule has 1 unspecified atom stereocenters. The fourth-order valence-electron chi connectivity index (χ4n) is 1.83. The summed E-state index contributed by atoms with van der Waals surface area (Å²) in [5, 5.41) is 4.00. The van der Waals surface area contributed by atoms with Crippen LogP contribution < -0.4 is 0 Å². The van der Waals surface area contributed by atoms with E-state index in [9.17, 15) is 9.18 Å². The highest BCUT2D eigenvalue weighted by Crippen LogP contribution is 2.22. The lowest BCUT2D eigenvalue weighted by Crippen LogP contribution is -2.15. The summed E-state index contributed by atoms with van der Waals surface area (Å²) in [6, 6.07) is 3.68. The fraction of sp³-hybridized carbons (Fsp3) is 0.308. The number of halogens is 1. The highest BCUT2D eigenvalue weighted by atomic mass is 19.1. The topological polar surface area (TPSA) is 57.0 Å². The normalized spacial score (nSPS) is 12.2. The third-order valence-corrected chi connectivity index (χ3v) is 2.79. The minimum absolute atomic E-state index is 0.271. The van der Waals surface area contributed by atoms with Gasteiger partial charge < -0.3 is 4.74 Å². The summed E-state index contributed by atoms with van der Waals surface area (Å²) in [6.45, 7) is 3.81. The van der Waals surface area contributed by atoms with Gasteiger partial charge in [-0.3, -0.25) is 0 Å². The average molecular weight is 263 g/mol. The van der Waals surface area contributed by atoms with Crippen LogP contribution in [0.3, 0.4) is 0 Å². The molecule has 0 fully saturated rings. The Hall–Kier alpha value is -2.24. The van der Waals surface area contributed by atoms with Crippen molar-refractivity contribution in [2.75, 3.05) is 6.61 Å². The van der Waals surface area contributed by atoms with E-state index in [4.69, 9.17) is 4.74 Å². The van der Waals surface area contributed by atoms with Gasteiger partial charge in [-0.2, -0.15) is 5.10 Å². The third-order valence-electron chi connectivity index (χ3n) is 2.79. The van der Waals surface area contributed by atoms with E-state index < -0.39 is 11.8 Å². The van der Waals surface area contributed by atoms with Crippen molar-refractivity contribution in [3.63, 3.8) is 0 Å². The van der Waals surface area contributed by atoms with E-state index in [2.05, 4.69) is 10.1 Å². The Bertz CT molecular complexity index is 569. The van der Waals surface area contributed by atoms with E-state index in [0.717, 1.165) is 0 Å². The number of esters is 1. The van der Waals surface area contributed by atoms with Gasteiger partial charge in [0.25, 0.3) is 0 Å². The molecule has 1 aromatic carbocycles. The zero-order valence-electron chi connectivity index (χ0n) is 10.7. The number of benzene rings is 1. The molecule has 1 aromatic heterocycles. The minimum atomic E-state index is -0.468. The summed E-state index contributed by atoms with van der Waals surface area (Å²) in [5.74, 6) is -0.875. The molecule has 0 spiro atoms. The predicted octanol–water partition coefficient (Wildman–Crippen LogP) is 2.20. The van der Waals surface area contributed by atoms with E-state index in [0.29, 0.717) is 11.1 Å². The molecule has 0 amide bonds. The molecule has 0 saturated heterocycles. The quantitative estimate of drug-likeness (QED) is 0.793. The zero-order valence-corrected chi connectivity index (χ0v) is 10.7. The monoisotopic (exact) mass is 263 g/mol. The summed E-state index contributed by atoms with van der Waals surface area (Å²) < 4.78 is 19.9. The first-order valence-electron chi connectivity index (χ1n) is 5.94. The molecule has 2 aromatic rings. The van der Waals surface area contributed by atoms with Gasteiger partial charge in [0.15, 0.2) is 0 Å². The van der Waals surface area contributed by atoms with E-state index in [-0.39, 0.29) is 12.6 Å². The Balaban J connectivity index is 2.43. The van der Waals surface area contributed by atoms with Gasteiger partial charge in [-0.1, -0.05) is 0 Å². The summed E-state index contributed by atoms with van der Waals surface area (Å²) >= 11 is 0. The van der Waals surface area contributed by atoms with Crippen molar-refractivity contribution in [1.29, 1.82) is 0 Å². The highest BCUT2D eigenvalue weighted by Gasteiger charge is 2.19. The van der Waals surface area contributed by atoms with Crippen LogP contribution in [0, 0.1) is 5.82 Å². The molecular formula is C13H14FN3O2. The van der Waals surface area contributed by atoms with Crippen molar-refractivity contribution >= 4 is 5.97 Å². The molecule has 0 aliphatic rings. The lowest BCUT2D eigenvalue weighted by molar-refractivity contribution is 0.0524. The van der Waals surface area contributed by atoms with Gasteiger partial charge in [0, 0.05) is 0 Å². The van der Waals surface area contributed by atoms with Gasteiger partial charge >= 0.3 is 5.97 Å². The molecule has 2 rings (SSSR count). The van der Waals surface area contributed by atoms with E-state index in [1.165, 1.54) is 30.9 Å². The van der Waals surface area contributed by atoms with E-state index in [1.54, 1.807) is 11.6 Å². The molecule has 0 aliphatic heterocycles. The number of hydrogen-bond donors (Lipinski definition) is 0. The summed E-state index contributed by atoms with van der Waals surface area (Å²) in [7, 11) is 0. The number of carbonyl (C=O) groups excluding carboxylic acids is 1. The van der Waals surface area contributed by atoms with Crippen LogP contribution in [0.15, 0.2) is 30.9 Å². The number of aromatic nitrogens is 3. The van der Waals surface area contributed by atoms with Gasteiger partial charge in [-0.25, -0.2) is 18.9 Å². The molecule has 1 atom stereocenters. The number of nitrogens with zero attached hydrogens (tertiary/aromatic N) is 3. The molecule has 0 N–H and O–H groups in total. The summed E-state index contributed by atoms with van der Waals surface area (Å²) in [5.41, 5.74) is 0.857. The van der Waals surface area contributed by atoms with Crippen molar-refractivity contribution in [2.45, 2.75) is 19.9 Å². The predicted molar refractivity (Wildman–Crippen MR) is 66.2 cm³/mol. The number of carbonyl (C=O) groups is 1. The SMILES string of the molecule is CCOC(=O)c1ccc(F)cc1C(C)n1cncn1. The van der Waals surface area contributed by atoms with Crippen molar-refractivity contribution in [1.82, 2.24) is 14.8 Å². The fourth-order valence-corrected chi connectivity index (χ4v) is 1.83. The smallest absolute Gasteiger partial charge is 0.338 e. The lowest BCUT2D eigenvalue weighted by Gasteiger charge is -2.15. The Labute approximate surface area is 110 Å². The second kappa shape index (κ2) is 5.60. The van der Waals surface area contributed by atoms with Crippen molar-refractivity contribution in [3.8, 4) is 0 Å². The largest absolute Gasteiger partial charge is 0.462 e. The second-order valence-corrected chi connectivity index (χ2v) is 4.00. The van der Waals surface area contributed by atoms with Crippen LogP contribution in [0.2, 0.25) is 0 Å². The maximum Gasteiger partial charge on any atom is 0.338 e. The zero-order chi connectivity index (χ0) is 13.8. The number of hydrogen-bond acceptors (Lipinski definition) is 4. The molecule has 6 heteroatoms. The molecular weight excluding hydrogens is 249 g/mol. The Morgan fingerprint density at radius 3 is 2.95 bits per heavy atom. The maximum absolute atomic E-state index is 13.4. The van der Waals surface area contributed by atoms with Crippen LogP contribution in [0.25, 0.3) is 0 Å². The summed E-state index contributed by atoms with van der Waals surface area (Å²) in [6.07, 6.45) is 2.91. The van der Waals surface area contributed by atoms with Crippen LogP contribution in [-0.2, 0) is 4.74 Å². The van der Waals surface area contributed by atoms with Crippen LogP contribution in [0.5, 0.6) is 0 Å². The van der Waals surface area contributed by atoms with Crippen LogP contribution >= 0.6 is 0 Å². The highest BCUT2D eigenvalue weighted by molar-refractivity contribution is 5.91. The molecule has 0 radical (unpaired) electrons. The maximum atomic E-state index is 13.4. The third kappa shape index (κ3) is 2.78. The van der Waals surface area contributed by atoms with Crippen molar-refractivity contribution < 1.29 is 13.9 Å². The first-order valence-corrected chi connectivity index (χ1v) is 5.94. The summed E-state index contributed by atoms with van der Waals surface area (Å²) in [4.78, 5) is 15.7. The first kappa shape index (κ1) is 13.2. The Morgan fingerprint density at radius 2 is 2.32 bits per heavy atom. The molecule has 0 aliphatic carbocycles. The minimum Gasteiger partial charge on any atom is -0.462 e. The molecule has 1 heterocycles. The second-order valence-electron chi connectivity index (χ2n) is 4.00. The molecule has 5 nitrogen and oxygen atoms in total. The van der Waals surface area contributed by atoms with Gasteiger partial charge in [-0.05, 0) is 37.6 Å². The van der Waals surface area contributed by atoms with Gasteiger partial charge in [-0.15, -0.1) is 0 Å². The number of rotatable bonds is 4. The standard InChI is InChI=1S/C13H14FN3O2/c1-3-19-13(18)11-5-4-10(14)6-12(11)9(2)17-8-15-7-16-17/h4-9H,3H2,1-2H3. The van der Waals surface area contributed by atoms with Crippen LogP contribution in [0.4, 0.5) is 4.39 Å². The van der Waals surface area contributed by atoms with Gasteiger partial charge in [0.1, 0.15) is 18.5 Å². The van der Waals surface area contributed by atoms with Crippen LogP contribution in [0.1, 0.15) is 35.8 Å². The van der Waals surface area contributed by atoms with E-state index in [1.807, 2.05) is 6.92 Å². The number of ether oxygens (including phenoxy) is 1. The average Bonchev–Trinajstić information content (AvgIpc) is 2.91. The Morgan fingerprint density at radius 1 is 1.53 bits per heavy atom. The van der Waals surface area contributed by atoms with Gasteiger partial charge in [0.05, 0.1) is 18.2 Å². The van der Waals surface area contributed by atoms with E-state index >= 15 is 0 Å². The van der Waals surface area contributed by atoms with Crippen molar-refractivity contribution in [3.05, 3.63) is 47.8 Å². The Kier molecular flexibility index (Phi) is 3.89.